The molecule has 1 fully saturated rings. The van der Waals surface area contributed by atoms with Gasteiger partial charge in [0, 0.05) is 19.5 Å². The molecule has 0 radical (unpaired) electrons. The van der Waals surface area contributed by atoms with Crippen molar-refractivity contribution in [2.24, 2.45) is 5.92 Å². The van der Waals surface area contributed by atoms with E-state index >= 15 is 0 Å². The number of benzene rings is 2. The lowest BCUT2D eigenvalue weighted by molar-refractivity contribution is -0.131. The number of carbonyl (C=O) groups excluding carboxylic acids is 2. The molecule has 36 heavy (non-hydrogen) atoms. The van der Waals surface area contributed by atoms with E-state index in [4.69, 9.17) is 9.47 Å². The van der Waals surface area contributed by atoms with Gasteiger partial charge in [-0.1, -0.05) is 42.8 Å². The second-order valence-electron chi connectivity index (χ2n) is 10.2. The molecule has 194 valence electrons. The molecule has 1 aliphatic rings. The first-order valence-corrected chi connectivity index (χ1v) is 12.3. The molecule has 2 aromatic rings. The molecule has 0 bridgehead atoms. The Labute approximate surface area is 212 Å². The third-order valence-corrected chi connectivity index (χ3v) is 6.20. The van der Waals surface area contributed by atoms with Crippen LogP contribution in [0, 0.1) is 5.92 Å². The fraction of sp³-hybridized carbons (Fsp3) is 0.464. The van der Waals surface area contributed by atoms with E-state index in [2.05, 4.69) is 5.32 Å². The van der Waals surface area contributed by atoms with Gasteiger partial charge >= 0.3 is 12.1 Å². The number of likely N-dealkylation sites (tertiary alicyclic amines) is 1. The van der Waals surface area contributed by atoms with Crippen LogP contribution in [0.3, 0.4) is 0 Å². The van der Waals surface area contributed by atoms with Gasteiger partial charge in [0.15, 0.2) is 0 Å². The fourth-order valence-electron chi connectivity index (χ4n) is 4.32. The van der Waals surface area contributed by atoms with E-state index in [-0.39, 0.29) is 30.0 Å². The summed E-state index contributed by atoms with van der Waals surface area (Å²) in [7, 11) is 1.76. The number of ether oxygens (including phenoxy) is 2. The first kappa shape index (κ1) is 27.0. The summed E-state index contributed by atoms with van der Waals surface area (Å²) in [6.07, 6.45) is 2.50. The van der Waals surface area contributed by atoms with Crippen LogP contribution in [0.25, 0.3) is 11.1 Å². The minimum Gasteiger partial charge on any atom is -0.491 e. The van der Waals surface area contributed by atoms with Crippen LogP contribution in [-0.2, 0) is 9.53 Å². The number of hydrogen-bond acceptors (Lipinski definition) is 5. The SMILES string of the molecule is CN1C(=O)[C@H](CCCCNC(=O)OC(C)(C)C)C[C@H]1COc1ccc(-c2ccccc2)cc1C(=O)O. The summed E-state index contributed by atoms with van der Waals surface area (Å²) in [4.78, 5) is 38.0. The predicted octanol–water partition coefficient (Wildman–Crippen LogP) is 4.97. The molecule has 1 aliphatic heterocycles. The van der Waals surface area contributed by atoms with E-state index in [1.807, 2.05) is 57.2 Å². The van der Waals surface area contributed by atoms with Crippen LogP contribution in [0.15, 0.2) is 48.5 Å². The zero-order valence-corrected chi connectivity index (χ0v) is 21.5. The van der Waals surface area contributed by atoms with E-state index in [9.17, 15) is 19.5 Å². The van der Waals surface area contributed by atoms with Crippen molar-refractivity contribution in [1.82, 2.24) is 10.2 Å². The molecule has 2 atom stereocenters. The number of nitrogens with zero attached hydrogens (tertiary/aromatic N) is 1. The van der Waals surface area contributed by atoms with E-state index in [0.717, 1.165) is 30.4 Å². The molecule has 0 aliphatic carbocycles. The third-order valence-electron chi connectivity index (χ3n) is 6.20. The number of amides is 2. The van der Waals surface area contributed by atoms with E-state index in [1.165, 1.54) is 0 Å². The number of hydrogen-bond donors (Lipinski definition) is 2. The summed E-state index contributed by atoms with van der Waals surface area (Å²) in [5, 5.41) is 12.5. The molecule has 0 spiro atoms. The summed E-state index contributed by atoms with van der Waals surface area (Å²) < 4.78 is 11.1. The van der Waals surface area contributed by atoms with Crippen LogP contribution in [0.2, 0.25) is 0 Å². The van der Waals surface area contributed by atoms with Gasteiger partial charge in [0.1, 0.15) is 23.5 Å². The van der Waals surface area contributed by atoms with Crippen LogP contribution in [0.5, 0.6) is 5.75 Å². The van der Waals surface area contributed by atoms with Crippen molar-refractivity contribution in [3.05, 3.63) is 54.1 Å². The highest BCUT2D eigenvalue weighted by Gasteiger charge is 2.37. The lowest BCUT2D eigenvalue weighted by Gasteiger charge is -2.20. The number of rotatable bonds is 10. The molecule has 0 saturated carbocycles. The predicted molar refractivity (Wildman–Crippen MR) is 137 cm³/mol. The average molecular weight is 497 g/mol. The molecule has 8 heteroatoms. The van der Waals surface area contributed by atoms with Crippen LogP contribution in [0.1, 0.15) is 56.8 Å². The number of aromatic carboxylic acids is 1. The van der Waals surface area contributed by atoms with Crippen LogP contribution >= 0.6 is 0 Å². The van der Waals surface area contributed by atoms with Crippen molar-refractivity contribution < 1.29 is 29.0 Å². The van der Waals surface area contributed by atoms with Gasteiger partial charge < -0.3 is 24.8 Å². The van der Waals surface area contributed by atoms with Gasteiger partial charge in [-0.25, -0.2) is 9.59 Å². The maximum absolute atomic E-state index is 12.7. The standard InChI is InChI=1S/C28H36N2O6/c1-28(2,3)36-27(34)29-15-9-8-12-21-16-22(30(4)25(21)31)18-35-24-14-13-20(17-23(24)26(32)33)19-10-6-5-7-11-19/h5-7,10-11,13-14,17,21-22H,8-9,12,15-16,18H2,1-4H3,(H,29,34)(H,32,33)/t21-,22+/m1/s1. The lowest BCUT2D eigenvalue weighted by atomic mass is 9.98. The number of carbonyl (C=O) groups is 3. The summed E-state index contributed by atoms with van der Waals surface area (Å²) in [5.74, 6) is -0.803. The summed E-state index contributed by atoms with van der Waals surface area (Å²) in [6.45, 7) is 6.17. The zero-order chi connectivity index (χ0) is 26.3. The van der Waals surface area contributed by atoms with E-state index in [1.54, 1.807) is 24.1 Å². The Morgan fingerprint density at radius 2 is 1.81 bits per heavy atom. The van der Waals surface area contributed by atoms with Crippen LogP contribution in [-0.4, -0.2) is 59.8 Å². The molecule has 1 saturated heterocycles. The highest BCUT2D eigenvalue weighted by atomic mass is 16.6. The summed E-state index contributed by atoms with van der Waals surface area (Å²) in [5.41, 5.74) is 1.29. The van der Waals surface area contributed by atoms with Gasteiger partial charge in [0.2, 0.25) is 5.91 Å². The Morgan fingerprint density at radius 1 is 1.08 bits per heavy atom. The maximum atomic E-state index is 12.7. The topological polar surface area (TPSA) is 105 Å². The highest BCUT2D eigenvalue weighted by Crippen LogP contribution is 2.30. The minimum atomic E-state index is -1.06. The molecule has 8 nitrogen and oxygen atoms in total. The first-order valence-electron chi connectivity index (χ1n) is 12.3. The molecule has 2 amide bonds. The zero-order valence-electron chi connectivity index (χ0n) is 21.5. The average Bonchev–Trinajstić information content (AvgIpc) is 3.09. The Balaban J connectivity index is 1.50. The van der Waals surface area contributed by atoms with Crippen molar-refractivity contribution in [3.63, 3.8) is 0 Å². The van der Waals surface area contributed by atoms with E-state index < -0.39 is 17.7 Å². The number of nitrogens with one attached hydrogen (secondary N) is 1. The van der Waals surface area contributed by atoms with Crippen molar-refractivity contribution in [2.75, 3.05) is 20.2 Å². The van der Waals surface area contributed by atoms with Crippen LogP contribution < -0.4 is 10.1 Å². The number of carboxylic acid groups (broad SMARTS) is 1. The van der Waals surface area contributed by atoms with Crippen molar-refractivity contribution in [3.8, 4) is 16.9 Å². The van der Waals surface area contributed by atoms with Gasteiger partial charge in [-0.05, 0) is 63.3 Å². The van der Waals surface area contributed by atoms with Crippen molar-refractivity contribution in [1.29, 1.82) is 0 Å². The number of unbranched alkanes of at least 4 members (excludes halogenated alkanes) is 1. The molecular weight excluding hydrogens is 460 g/mol. The lowest BCUT2D eigenvalue weighted by Crippen LogP contribution is -2.34. The second-order valence-corrected chi connectivity index (χ2v) is 10.2. The van der Waals surface area contributed by atoms with Gasteiger partial charge in [0.05, 0.1) is 6.04 Å². The Kier molecular flexibility index (Phi) is 8.96. The Morgan fingerprint density at radius 3 is 2.47 bits per heavy atom. The molecule has 2 N–H and O–H groups in total. The molecule has 0 aromatic heterocycles. The number of likely N-dealkylation sites (N-methyl/N-ethyl adjacent to an activating group) is 1. The summed E-state index contributed by atoms with van der Waals surface area (Å²) in [6, 6.07) is 14.6. The number of alkyl carbamates (subject to hydrolysis) is 1. The fourth-order valence-corrected chi connectivity index (χ4v) is 4.32. The van der Waals surface area contributed by atoms with Gasteiger partial charge in [-0.15, -0.1) is 0 Å². The van der Waals surface area contributed by atoms with E-state index in [0.29, 0.717) is 18.7 Å². The molecular formula is C28H36N2O6. The monoisotopic (exact) mass is 496 g/mol. The molecule has 0 unspecified atom stereocenters. The highest BCUT2D eigenvalue weighted by molar-refractivity contribution is 5.92. The largest absolute Gasteiger partial charge is 0.491 e. The van der Waals surface area contributed by atoms with Crippen LogP contribution in [0.4, 0.5) is 4.79 Å². The Bertz CT molecular complexity index is 1060. The smallest absolute Gasteiger partial charge is 0.407 e. The van der Waals surface area contributed by atoms with Gasteiger partial charge in [-0.2, -0.15) is 0 Å². The second kappa shape index (κ2) is 11.9. The quantitative estimate of drug-likeness (QED) is 0.450. The summed E-state index contributed by atoms with van der Waals surface area (Å²) >= 11 is 0. The van der Waals surface area contributed by atoms with Crippen molar-refractivity contribution >= 4 is 18.0 Å². The molecule has 2 aromatic carbocycles. The van der Waals surface area contributed by atoms with Crippen molar-refractivity contribution in [2.45, 2.75) is 58.1 Å². The number of carboxylic acids is 1. The Hall–Kier alpha value is -3.55. The molecule has 1 heterocycles. The third kappa shape index (κ3) is 7.47. The molecule has 3 rings (SSSR count). The maximum Gasteiger partial charge on any atom is 0.407 e. The van der Waals surface area contributed by atoms with Gasteiger partial charge in [-0.3, -0.25) is 4.79 Å². The normalized spacial score (nSPS) is 17.7. The minimum absolute atomic E-state index is 0.0709. The first-order chi connectivity index (χ1) is 17.0. The van der Waals surface area contributed by atoms with Gasteiger partial charge in [0.25, 0.3) is 0 Å².